The summed E-state index contributed by atoms with van der Waals surface area (Å²) in [5, 5.41) is 0.460. The first-order valence-corrected chi connectivity index (χ1v) is 5.42. The predicted molar refractivity (Wildman–Crippen MR) is 69.2 cm³/mol. The van der Waals surface area contributed by atoms with Gasteiger partial charge in [-0.3, -0.25) is 0 Å². The highest BCUT2D eigenvalue weighted by atomic mass is 35.5. The molecule has 0 radical (unpaired) electrons. The zero-order valence-corrected chi connectivity index (χ0v) is 10.9. The molecule has 2 N–H and O–H groups in total. The third-order valence-corrected chi connectivity index (χ3v) is 2.52. The molecule has 4 nitrogen and oxygen atoms in total. The molecule has 17 heavy (non-hydrogen) atoms. The molecule has 0 aromatic heterocycles. The molecule has 1 aromatic rings. The van der Waals surface area contributed by atoms with Crippen molar-refractivity contribution in [1.82, 2.24) is 0 Å². The van der Waals surface area contributed by atoms with E-state index >= 15 is 0 Å². The molecule has 0 fully saturated rings. The number of ether oxygens (including phenoxy) is 3. The molecule has 0 saturated heterocycles. The van der Waals surface area contributed by atoms with E-state index in [0.29, 0.717) is 34.4 Å². The van der Waals surface area contributed by atoms with Gasteiger partial charge in [-0.1, -0.05) is 23.8 Å². The fourth-order valence-electron chi connectivity index (χ4n) is 1.52. The average Bonchev–Trinajstić information content (AvgIpc) is 2.35. The number of methoxy groups -OCH3 is 3. The molecule has 94 valence electrons. The minimum absolute atomic E-state index is 0.418. The topological polar surface area (TPSA) is 53.7 Å². The number of rotatable bonds is 5. The number of nitrogens with two attached hydrogens (primary N) is 1. The molecule has 0 bridgehead atoms. The Kier molecular flexibility index (Phi) is 5.12. The summed E-state index contributed by atoms with van der Waals surface area (Å²) in [4.78, 5) is 0. The van der Waals surface area contributed by atoms with Gasteiger partial charge in [-0.2, -0.15) is 0 Å². The first kappa shape index (κ1) is 13.7. The Hall–Kier alpha value is -1.39. The third-order valence-electron chi connectivity index (χ3n) is 2.24. The van der Waals surface area contributed by atoms with Gasteiger partial charge in [0.15, 0.2) is 11.5 Å². The van der Waals surface area contributed by atoms with Gasteiger partial charge in [0.05, 0.1) is 31.9 Å². The van der Waals surface area contributed by atoms with Crippen LogP contribution in [0.15, 0.2) is 12.1 Å². The third kappa shape index (κ3) is 2.84. The van der Waals surface area contributed by atoms with E-state index in [2.05, 4.69) is 0 Å². The van der Waals surface area contributed by atoms with Crippen LogP contribution < -0.4 is 19.9 Å². The van der Waals surface area contributed by atoms with Crippen molar-refractivity contribution in [2.45, 2.75) is 0 Å². The van der Waals surface area contributed by atoms with Gasteiger partial charge in [0.1, 0.15) is 5.75 Å². The molecule has 5 heteroatoms. The van der Waals surface area contributed by atoms with Crippen molar-refractivity contribution >= 4 is 17.7 Å². The van der Waals surface area contributed by atoms with Crippen LogP contribution in [0.2, 0.25) is 5.02 Å². The fourth-order valence-corrected chi connectivity index (χ4v) is 1.80. The molecule has 0 aliphatic heterocycles. The number of hydrogen-bond acceptors (Lipinski definition) is 4. The zero-order chi connectivity index (χ0) is 12.8. The normalized spacial score (nSPS) is 10.6. The monoisotopic (exact) mass is 257 g/mol. The second kappa shape index (κ2) is 6.37. The SMILES string of the molecule is COc1cc(Cl)c(OC)c(/C=C/CN)c1OC. The lowest BCUT2D eigenvalue weighted by atomic mass is 10.1. The molecule has 0 heterocycles. The molecule has 1 aromatic carbocycles. The van der Waals surface area contributed by atoms with Crippen LogP contribution in [-0.4, -0.2) is 27.9 Å². The maximum atomic E-state index is 6.10. The van der Waals surface area contributed by atoms with Crippen LogP contribution in [0.25, 0.3) is 6.08 Å². The van der Waals surface area contributed by atoms with Crippen molar-refractivity contribution in [1.29, 1.82) is 0 Å². The molecule has 0 unspecified atom stereocenters. The molecule has 0 saturated carbocycles. The molecule has 0 aliphatic carbocycles. The highest BCUT2D eigenvalue weighted by Crippen LogP contribution is 2.43. The van der Waals surface area contributed by atoms with E-state index in [1.165, 1.54) is 0 Å². The largest absolute Gasteiger partial charge is 0.494 e. The maximum absolute atomic E-state index is 6.10. The van der Waals surface area contributed by atoms with Crippen molar-refractivity contribution < 1.29 is 14.2 Å². The van der Waals surface area contributed by atoms with Crippen LogP contribution in [-0.2, 0) is 0 Å². The van der Waals surface area contributed by atoms with E-state index < -0.39 is 0 Å². The van der Waals surface area contributed by atoms with Crippen LogP contribution in [0.1, 0.15) is 5.56 Å². The summed E-state index contributed by atoms with van der Waals surface area (Å²) >= 11 is 6.10. The van der Waals surface area contributed by atoms with Crippen LogP contribution >= 0.6 is 11.6 Å². The molecular formula is C12H16ClNO3. The number of benzene rings is 1. The van der Waals surface area contributed by atoms with Gasteiger partial charge in [0.2, 0.25) is 0 Å². The Labute approximate surface area is 106 Å². The summed E-state index contributed by atoms with van der Waals surface area (Å²) < 4.78 is 15.8. The average molecular weight is 258 g/mol. The van der Waals surface area contributed by atoms with Crippen molar-refractivity contribution in [2.24, 2.45) is 5.73 Å². The van der Waals surface area contributed by atoms with Crippen LogP contribution in [0, 0.1) is 0 Å². The summed E-state index contributed by atoms with van der Waals surface area (Å²) in [5.41, 5.74) is 6.15. The molecule has 0 atom stereocenters. The lowest BCUT2D eigenvalue weighted by Gasteiger charge is -2.15. The van der Waals surface area contributed by atoms with E-state index in [0.717, 1.165) is 0 Å². The van der Waals surface area contributed by atoms with Crippen LogP contribution in [0.5, 0.6) is 17.2 Å². The van der Waals surface area contributed by atoms with Gasteiger partial charge < -0.3 is 19.9 Å². The predicted octanol–water partition coefficient (Wildman–Crippen LogP) is 2.34. The van der Waals surface area contributed by atoms with Gasteiger partial charge >= 0.3 is 0 Å². The standard InChI is InChI=1S/C12H16ClNO3/c1-15-10-7-9(13)11(16-2)8(5-4-6-14)12(10)17-3/h4-5,7H,6,14H2,1-3H3/b5-4+. The van der Waals surface area contributed by atoms with Crippen molar-refractivity contribution in [2.75, 3.05) is 27.9 Å². The van der Waals surface area contributed by atoms with Gasteiger partial charge in [-0.05, 0) is 0 Å². The smallest absolute Gasteiger partial charge is 0.171 e. The van der Waals surface area contributed by atoms with Crippen LogP contribution in [0.4, 0.5) is 0 Å². The minimum Gasteiger partial charge on any atom is -0.494 e. The van der Waals surface area contributed by atoms with Crippen molar-refractivity contribution in [3.05, 3.63) is 22.7 Å². The van der Waals surface area contributed by atoms with E-state index in [-0.39, 0.29) is 0 Å². The van der Waals surface area contributed by atoms with E-state index in [4.69, 9.17) is 31.5 Å². The first-order valence-electron chi connectivity index (χ1n) is 5.04. The molecule has 1 rings (SSSR count). The Balaban J connectivity index is 3.46. The Morgan fingerprint density at radius 1 is 1.18 bits per heavy atom. The summed E-state index contributed by atoms with van der Waals surface area (Å²) in [7, 11) is 4.66. The lowest BCUT2D eigenvalue weighted by Crippen LogP contribution is -1.98. The summed E-state index contributed by atoms with van der Waals surface area (Å²) in [6.45, 7) is 0.418. The Bertz CT molecular complexity index is 419. The Morgan fingerprint density at radius 2 is 1.82 bits per heavy atom. The first-order chi connectivity index (χ1) is 8.19. The molecule has 0 amide bonds. The molecule has 0 aliphatic rings. The van der Waals surface area contributed by atoms with Crippen molar-refractivity contribution in [3.63, 3.8) is 0 Å². The Morgan fingerprint density at radius 3 is 2.29 bits per heavy atom. The van der Waals surface area contributed by atoms with E-state index in [1.807, 2.05) is 0 Å². The number of halogens is 1. The maximum Gasteiger partial charge on any atom is 0.171 e. The second-order valence-electron chi connectivity index (χ2n) is 3.18. The minimum atomic E-state index is 0.418. The quantitative estimate of drug-likeness (QED) is 0.880. The summed E-state index contributed by atoms with van der Waals surface area (Å²) in [5.74, 6) is 1.66. The summed E-state index contributed by atoms with van der Waals surface area (Å²) in [6.07, 6.45) is 3.59. The molecule has 0 spiro atoms. The molecular weight excluding hydrogens is 242 g/mol. The highest BCUT2D eigenvalue weighted by Gasteiger charge is 2.17. The van der Waals surface area contributed by atoms with Gasteiger partial charge in [-0.15, -0.1) is 0 Å². The highest BCUT2D eigenvalue weighted by molar-refractivity contribution is 6.32. The lowest BCUT2D eigenvalue weighted by molar-refractivity contribution is 0.348. The number of hydrogen-bond donors (Lipinski definition) is 1. The second-order valence-corrected chi connectivity index (χ2v) is 3.59. The van der Waals surface area contributed by atoms with E-state index in [9.17, 15) is 0 Å². The van der Waals surface area contributed by atoms with Gasteiger partial charge in [-0.25, -0.2) is 0 Å². The fraction of sp³-hybridized carbons (Fsp3) is 0.333. The zero-order valence-electron chi connectivity index (χ0n) is 10.1. The van der Waals surface area contributed by atoms with Crippen LogP contribution in [0.3, 0.4) is 0 Å². The van der Waals surface area contributed by atoms with Gasteiger partial charge in [0.25, 0.3) is 0 Å². The van der Waals surface area contributed by atoms with Crippen molar-refractivity contribution in [3.8, 4) is 17.2 Å². The van der Waals surface area contributed by atoms with Gasteiger partial charge in [0, 0.05) is 12.6 Å². The summed E-state index contributed by atoms with van der Waals surface area (Å²) in [6, 6.07) is 1.65. The van der Waals surface area contributed by atoms with E-state index in [1.54, 1.807) is 39.5 Å².